The number of aromatic nitrogens is 4. The summed E-state index contributed by atoms with van der Waals surface area (Å²) in [4.78, 5) is 3.49. The molecule has 2 aromatic heterocycles. The minimum absolute atomic E-state index is 0.884. The Bertz CT molecular complexity index is 1130. The molecule has 0 radical (unpaired) electrons. The van der Waals surface area contributed by atoms with Crippen molar-refractivity contribution < 1.29 is 0 Å². The highest BCUT2D eigenvalue weighted by molar-refractivity contribution is 6.08. The summed E-state index contributed by atoms with van der Waals surface area (Å²) in [5.74, 6) is 0. The minimum atomic E-state index is 0.884. The van der Waals surface area contributed by atoms with Crippen LogP contribution in [-0.2, 0) is 0 Å². The molecule has 0 fully saturated rings. The Morgan fingerprint density at radius 2 is 1.64 bits per heavy atom. The standard InChI is InChI=1S/C18H12N4/c1-2-6-15-13(4-1)14-9-8-11(10-17(14)19-15)12-5-3-7-16-18(12)21-22-20-16/h1-10,19H,(H,20,21,22). The topological polar surface area (TPSA) is 57.4 Å². The van der Waals surface area contributed by atoms with Crippen molar-refractivity contribution >= 4 is 32.8 Å². The lowest BCUT2D eigenvalue weighted by Gasteiger charge is -2.02. The van der Waals surface area contributed by atoms with Crippen molar-refractivity contribution in [1.29, 1.82) is 0 Å². The van der Waals surface area contributed by atoms with Crippen molar-refractivity contribution in [3.8, 4) is 11.1 Å². The molecule has 0 atom stereocenters. The highest BCUT2D eigenvalue weighted by Crippen LogP contribution is 2.31. The lowest BCUT2D eigenvalue weighted by Crippen LogP contribution is -1.81. The third kappa shape index (κ3) is 1.52. The number of nitrogens with one attached hydrogen (secondary N) is 2. The predicted molar refractivity (Wildman–Crippen MR) is 88.7 cm³/mol. The first-order valence-corrected chi connectivity index (χ1v) is 7.20. The molecule has 2 heterocycles. The van der Waals surface area contributed by atoms with Crippen molar-refractivity contribution in [2.45, 2.75) is 0 Å². The Morgan fingerprint density at radius 3 is 2.64 bits per heavy atom. The molecule has 4 heteroatoms. The van der Waals surface area contributed by atoms with Gasteiger partial charge in [-0.25, -0.2) is 0 Å². The Labute approximate surface area is 125 Å². The number of nitrogens with zero attached hydrogens (tertiary/aromatic N) is 2. The van der Waals surface area contributed by atoms with Crippen LogP contribution in [0.3, 0.4) is 0 Å². The molecular weight excluding hydrogens is 272 g/mol. The fraction of sp³-hybridized carbons (Fsp3) is 0. The third-order valence-corrected chi connectivity index (χ3v) is 4.16. The molecule has 104 valence electrons. The molecule has 5 rings (SSSR count). The van der Waals surface area contributed by atoms with Crippen molar-refractivity contribution in [3.63, 3.8) is 0 Å². The monoisotopic (exact) mass is 284 g/mol. The molecule has 5 aromatic rings. The molecule has 0 aliphatic heterocycles. The summed E-state index contributed by atoms with van der Waals surface area (Å²) < 4.78 is 0. The maximum absolute atomic E-state index is 4.27. The highest BCUT2D eigenvalue weighted by Gasteiger charge is 2.09. The van der Waals surface area contributed by atoms with E-state index in [1.54, 1.807) is 0 Å². The van der Waals surface area contributed by atoms with Gasteiger partial charge in [0.25, 0.3) is 0 Å². The second-order valence-electron chi connectivity index (χ2n) is 5.43. The summed E-state index contributed by atoms with van der Waals surface area (Å²) in [7, 11) is 0. The summed E-state index contributed by atoms with van der Waals surface area (Å²) in [5, 5.41) is 13.6. The summed E-state index contributed by atoms with van der Waals surface area (Å²) in [6.07, 6.45) is 0. The van der Waals surface area contributed by atoms with Gasteiger partial charge in [-0.2, -0.15) is 15.4 Å². The molecule has 22 heavy (non-hydrogen) atoms. The van der Waals surface area contributed by atoms with Gasteiger partial charge in [0.05, 0.1) is 0 Å². The zero-order valence-corrected chi connectivity index (χ0v) is 11.7. The Balaban J connectivity index is 1.82. The zero-order valence-electron chi connectivity index (χ0n) is 11.7. The molecule has 0 saturated heterocycles. The Morgan fingerprint density at radius 1 is 0.727 bits per heavy atom. The highest BCUT2D eigenvalue weighted by atomic mass is 15.3. The van der Waals surface area contributed by atoms with Gasteiger partial charge in [0.2, 0.25) is 0 Å². The minimum Gasteiger partial charge on any atom is -0.354 e. The van der Waals surface area contributed by atoms with Crippen LogP contribution in [0.25, 0.3) is 44.0 Å². The van der Waals surface area contributed by atoms with Gasteiger partial charge in [-0.3, -0.25) is 0 Å². The largest absolute Gasteiger partial charge is 0.354 e. The molecule has 0 spiro atoms. The summed E-state index contributed by atoms with van der Waals surface area (Å²) in [6, 6.07) is 20.9. The maximum atomic E-state index is 4.27. The van der Waals surface area contributed by atoms with Crippen LogP contribution in [0.1, 0.15) is 0 Å². The van der Waals surface area contributed by atoms with E-state index in [4.69, 9.17) is 0 Å². The van der Waals surface area contributed by atoms with E-state index in [1.807, 2.05) is 12.1 Å². The lowest BCUT2D eigenvalue weighted by atomic mass is 10.0. The van der Waals surface area contributed by atoms with E-state index >= 15 is 0 Å². The summed E-state index contributed by atoms with van der Waals surface area (Å²) in [5.41, 5.74) is 6.31. The van der Waals surface area contributed by atoms with Gasteiger partial charge in [0, 0.05) is 27.4 Å². The van der Waals surface area contributed by atoms with E-state index in [-0.39, 0.29) is 0 Å². The number of fused-ring (bicyclic) bond motifs is 4. The van der Waals surface area contributed by atoms with Crippen LogP contribution in [0.15, 0.2) is 60.7 Å². The van der Waals surface area contributed by atoms with Gasteiger partial charge < -0.3 is 4.98 Å². The van der Waals surface area contributed by atoms with Crippen LogP contribution in [0.4, 0.5) is 0 Å². The SMILES string of the molecule is c1cc(-c2ccc3c(c2)[nH]c2ccccc23)c2n[nH]nc2c1. The van der Waals surface area contributed by atoms with Crippen LogP contribution >= 0.6 is 0 Å². The number of H-pyrrole nitrogens is 2. The molecule has 0 saturated carbocycles. The second kappa shape index (κ2) is 4.18. The number of hydrogen-bond acceptors (Lipinski definition) is 2. The van der Waals surface area contributed by atoms with Crippen LogP contribution < -0.4 is 0 Å². The number of hydrogen-bond donors (Lipinski definition) is 2. The quantitative estimate of drug-likeness (QED) is 0.483. The van der Waals surface area contributed by atoms with E-state index in [0.717, 1.165) is 33.2 Å². The maximum Gasteiger partial charge on any atom is 0.120 e. The second-order valence-corrected chi connectivity index (χ2v) is 5.43. The predicted octanol–water partition coefficient (Wildman–Crippen LogP) is 4.26. The Hall–Kier alpha value is -3.14. The van der Waals surface area contributed by atoms with Crippen LogP contribution in [0.5, 0.6) is 0 Å². The van der Waals surface area contributed by atoms with Gasteiger partial charge in [0.15, 0.2) is 0 Å². The van der Waals surface area contributed by atoms with E-state index in [2.05, 4.69) is 68.9 Å². The van der Waals surface area contributed by atoms with Crippen molar-refractivity contribution in [2.24, 2.45) is 0 Å². The fourth-order valence-electron chi connectivity index (χ4n) is 3.12. The van der Waals surface area contributed by atoms with Crippen LogP contribution in [0.2, 0.25) is 0 Å². The fourth-order valence-corrected chi connectivity index (χ4v) is 3.12. The first-order valence-electron chi connectivity index (χ1n) is 7.20. The molecule has 0 aliphatic carbocycles. The molecule has 4 nitrogen and oxygen atoms in total. The van der Waals surface area contributed by atoms with Crippen molar-refractivity contribution in [1.82, 2.24) is 20.4 Å². The van der Waals surface area contributed by atoms with E-state index < -0.39 is 0 Å². The first-order chi connectivity index (χ1) is 10.9. The van der Waals surface area contributed by atoms with Crippen LogP contribution in [-0.4, -0.2) is 20.4 Å². The molecule has 0 bridgehead atoms. The van der Waals surface area contributed by atoms with E-state index in [0.29, 0.717) is 0 Å². The average molecular weight is 284 g/mol. The van der Waals surface area contributed by atoms with E-state index in [9.17, 15) is 0 Å². The number of para-hydroxylation sites is 2. The normalized spacial score (nSPS) is 11.6. The van der Waals surface area contributed by atoms with Gasteiger partial charge in [0.1, 0.15) is 11.0 Å². The van der Waals surface area contributed by atoms with Crippen molar-refractivity contribution in [2.75, 3.05) is 0 Å². The van der Waals surface area contributed by atoms with E-state index in [1.165, 1.54) is 10.8 Å². The van der Waals surface area contributed by atoms with Gasteiger partial charge >= 0.3 is 0 Å². The molecule has 2 N–H and O–H groups in total. The molecule has 0 unspecified atom stereocenters. The third-order valence-electron chi connectivity index (χ3n) is 4.16. The smallest absolute Gasteiger partial charge is 0.120 e. The first kappa shape index (κ1) is 11.5. The summed E-state index contributed by atoms with van der Waals surface area (Å²) in [6.45, 7) is 0. The molecule has 3 aromatic carbocycles. The van der Waals surface area contributed by atoms with Gasteiger partial charge in [-0.1, -0.05) is 42.5 Å². The molecule has 0 aliphatic rings. The number of benzene rings is 3. The summed E-state index contributed by atoms with van der Waals surface area (Å²) >= 11 is 0. The lowest BCUT2D eigenvalue weighted by molar-refractivity contribution is 0.959. The Kier molecular flexibility index (Phi) is 2.19. The molecule has 0 amide bonds. The van der Waals surface area contributed by atoms with Crippen LogP contribution in [0, 0.1) is 0 Å². The van der Waals surface area contributed by atoms with Gasteiger partial charge in [-0.05, 0) is 23.8 Å². The van der Waals surface area contributed by atoms with Crippen molar-refractivity contribution in [3.05, 3.63) is 60.7 Å². The van der Waals surface area contributed by atoms with Gasteiger partial charge in [-0.15, -0.1) is 0 Å². The number of rotatable bonds is 1. The number of aromatic amines is 2. The zero-order chi connectivity index (χ0) is 14.5. The molecular formula is C18H12N4. The average Bonchev–Trinajstić information content (AvgIpc) is 3.18.